The van der Waals surface area contributed by atoms with Crippen LogP contribution in [0.25, 0.3) is 0 Å². The van der Waals surface area contributed by atoms with Gasteiger partial charge in [-0.25, -0.2) is 4.79 Å². The molecule has 0 aromatic heterocycles. The Bertz CT molecular complexity index is 684. The van der Waals surface area contributed by atoms with Crippen LogP contribution in [0.3, 0.4) is 0 Å². The molecular formula is C14H10Cl2F2N2O2. The van der Waals surface area contributed by atoms with Gasteiger partial charge in [-0.2, -0.15) is 8.78 Å². The van der Waals surface area contributed by atoms with Gasteiger partial charge in [0.05, 0.1) is 5.02 Å². The number of carbonyl (C=O) groups excluding carboxylic acids is 1. The summed E-state index contributed by atoms with van der Waals surface area (Å²) >= 11 is 11.6. The quantitative estimate of drug-likeness (QED) is 0.795. The summed E-state index contributed by atoms with van der Waals surface area (Å²) in [5, 5.41) is 5.52. The molecule has 0 heterocycles. The lowest BCUT2D eigenvalue weighted by Crippen LogP contribution is -2.19. The molecule has 22 heavy (non-hydrogen) atoms. The minimum Gasteiger partial charge on any atom is -0.433 e. The van der Waals surface area contributed by atoms with E-state index in [1.807, 2.05) is 0 Å². The topological polar surface area (TPSA) is 50.4 Å². The van der Waals surface area contributed by atoms with E-state index in [0.717, 1.165) is 0 Å². The highest BCUT2D eigenvalue weighted by molar-refractivity contribution is 6.32. The molecule has 2 aromatic carbocycles. The molecule has 0 saturated carbocycles. The second-order valence-corrected chi connectivity index (χ2v) is 4.96. The van der Waals surface area contributed by atoms with Gasteiger partial charge in [0.25, 0.3) is 0 Å². The molecule has 0 fully saturated rings. The molecule has 0 unspecified atom stereocenters. The highest BCUT2D eigenvalue weighted by Gasteiger charge is 2.10. The van der Waals surface area contributed by atoms with Crippen LogP contribution >= 0.6 is 23.2 Å². The van der Waals surface area contributed by atoms with Gasteiger partial charge in [-0.3, -0.25) is 0 Å². The van der Waals surface area contributed by atoms with Crippen LogP contribution < -0.4 is 15.4 Å². The molecular weight excluding hydrogens is 337 g/mol. The third-order valence-electron chi connectivity index (χ3n) is 2.49. The first-order chi connectivity index (χ1) is 10.4. The smallest absolute Gasteiger partial charge is 0.387 e. The number of hydrogen-bond acceptors (Lipinski definition) is 2. The molecule has 0 spiro atoms. The van der Waals surface area contributed by atoms with Gasteiger partial charge < -0.3 is 15.4 Å². The van der Waals surface area contributed by atoms with Crippen molar-refractivity contribution in [3.63, 3.8) is 0 Å². The van der Waals surface area contributed by atoms with Crippen LogP contribution in [0.5, 0.6) is 5.75 Å². The predicted octanol–water partition coefficient (Wildman–Crippen LogP) is 5.24. The van der Waals surface area contributed by atoms with E-state index in [0.29, 0.717) is 16.4 Å². The Morgan fingerprint density at radius 3 is 2.32 bits per heavy atom. The molecule has 2 rings (SSSR count). The Morgan fingerprint density at radius 1 is 1.05 bits per heavy atom. The molecule has 2 N–H and O–H groups in total. The molecule has 116 valence electrons. The van der Waals surface area contributed by atoms with Crippen LogP contribution in [-0.4, -0.2) is 12.6 Å². The average molecular weight is 347 g/mol. The second kappa shape index (κ2) is 7.29. The van der Waals surface area contributed by atoms with Crippen LogP contribution in [0.2, 0.25) is 10.0 Å². The molecule has 0 aliphatic carbocycles. The highest BCUT2D eigenvalue weighted by atomic mass is 35.5. The third kappa shape index (κ3) is 4.75. The Balaban J connectivity index is 2.01. The summed E-state index contributed by atoms with van der Waals surface area (Å²) in [6.45, 7) is -2.97. The van der Waals surface area contributed by atoms with Crippen molar-refractivity contribution >= 4 is 40.6 Å². The predicted molar refractivity (Wildman–Crippen MR) is 82.2 cm³/mol. The maximum Gasteiger partial charge on any atom is 0.387 e. The first kappa shape index (κ1) is 16.3. The van der Waals surface area contributed by atoms with Gasteiger partial charge in [-0.15, -0.1) is 0 Å². The molecule has 2 amide bonds. The van der Waals surface area contributed by atoms with Crippen molar-refractivity contribution in [2.75, 3.05) is 10.6 Å². The summed E-state index contributed by atoms with van der Waals surface area (Å²) in [5.41, 5.74) is 0.833. The molecule has 0 radical (unpaired) electrons. The lowest BCUT2D eigenvalue weighted by atomic mass is 10.3. The number of ether oxygens (including phenoxy) is 1. The van der Waals surface area contributed by atoms with Gasteiger partial charge in [0.1, 0.15) is 5.75 Å². The first-order valence-corrected chi connectivity index (χ1v) is 6.77. The van der Waals surface area contributed by atoms with Crippen molar-refractivity contribution in [2.45, 2.75) is 6.61 Å². The largest absolute Gasteiger partial charge is 0.433 e. The zero-order chi connectivity index (χ0) is 16.1. The van der Waals surface area contributed by atoms with Gasteiger partial charge >= 0.3 is 12.6 Å². The van der Waals surface area contributed by atoms with E-state index in [2.05, 4.69) is 15.4 Å². The average Bonchev–Trinajstić information content (AvgIpc) is 2.41. The fourth-order valence-corrected chi connectivity index (χ4v) is 2.05. The summed E-state index contributed by atoms with van der Waals surface area (Å²) in [6, 6.07) is 10.0. The lowest BCUT2D eigenvalue weighted by molar-refractivity contribution is -0.0497. The van der Waals surface area contributed by atoms with E-state index in [1.165, 1.54) is 18.2 Å². The molecule has 0 aliphatic rings. The van der Waals surface area contributed by atoms with E-state index in [4.69, 9.17) is 23.2 Å². The molecule has 0 bridgehead atoms. The summed E-state index contributed by atoms with van der Waals surface area (Å²) in [5.74, 6) is -0.169. The number of halogens is 4. The van der Waals surface area contributed by atoms with Crippen LogP contribution in [0, 0.1) is 0 Å². The molecule has 4 nitrogen and oxygen atoms in total. The van der Waals surface area contributed by atoms with E-state index in [1.54, 1.807) is 24.3 Å². The molecule has 0 saturated heterocycles. The van der Waals surface area contributed by atoms with E-state index >= 15 is 0 Å². The molecule has 8 heteroatoms. The third-order valence-corrected chi connectivity index (χ3v) is 3.02. The van der Waals surface area contributed by atoms with Crippen LogP contribution in [0.4, 0.5) is 25.0 Å². The minimum absolute atomic E-state index is 0.0409. The SMILES string of the molecule is O=C(Nc1cccc(Cl)c1)Nc1ccc(OC(F)F)c(Cl)c1. The van der Waals surface area contributed by atoms with E-state index < -0.39 is 12.6 Å². The Morgan fingerprint density at radius 2 is 1.73 bits per heavy atom. The Labute approximate surface area is 135 Å². The standard InChI is InChI=1S/C14H10Cl2F2N2O2/c15-8-2-1-3-9(6-8)19-14(21)20-10-4-5-12(11(16)7-10)22-13(17)18/h1-7,13H,(H2,19,20,21). The maximum absolute atomic E-state index is 12.1. The fourth-order valence-electron chi connectivity index (χ4n) is 1.63. The number of hydrogen-bond donors (Lipinski definition) is 2. The summed E-state index contributed by atoms with van der Waals surface area (Å²) in [7, 11) is 0. The number of rotatable bonds is 4. The van der Waals surface area contributed by atoms with Crippen LogP contribution in [0.15, 0.2) is 42.5 Å². The van der Waals surface area contributed by atoms with Gasteiger partial charge in [0.15, 0.2) is 0 Å². The Kier molecular flexibility index (Phi) is 5.41. The van der Waals surface area contributed by atoms with Crippen LogP contribution in [0.1, 0.15) is 0 Å². The minimum atomic E-state index is -2.97. The lowest BCUT2D eigenvalue weighted by Gasteiger charge is -2.10. The fraction of sp³-hybridized carbons (Fsp3) is 0.0714. The number of anilines is 2. The zero-order valence-corrected chi connectivity index (χ0v) is 12.5. The van der Waals surface area contributed by atoms with Gasteiger partial charge in [0.2, 0.25) is 0 Å². The van der Waals surface area contributed by atoms with Crippen molar-refractivity contribution in [2.24, 2.45) is 0 Å². The number of nitrogens with one attached hydrogen (secondary N) is 2. The summed E-state index contributed by atoms with van der Waals surface area (Å²) in [4.78, 5) is 11.8. The van der Waals surface area contributed by atoms with Crippen molar-refractivity contribution in [1.82, 2.24) is 0 Å². The van der Waals surface area contributed by atoms with E-state index in [9.17, 15) is 13.6 Å². The van der Waals surface area contributed by atoms with Crippen molar-refractivity contribution in [1.29, 1.82) is 0 Å². The number of alkyl halides is 2. The number of urea groups is 1. The molecule has 0 aliphatic heterocycles. The zero-order valence-electron chi connectivity index (χ0n) is 10.9. The molecule has 2 aromatic rings. The monoisotopic (exact) mass is 346 g/mol. The van der Waals surface area contributed by atoms with E-state index in [-0.39, 0.29) is 10.8 Å². The summed E-state index contributed by atoms with van der Waals surface area (Å²) < 4.78 is 28.4. The Hall–Kier alpha value is -2.05. The maximum atomic E-state index is 12.1. The highest BCUT2D eigenvalue weighted by Crippen LogP contribution is 2.29. The van der Waals surface area contributed by atoms with Crippen LogP contribution in [-0.2, 0) is 0 Å². The number of benzene rings is 2. The van der Waals surface area contributed by atoms with Crippen molar-refractivity contribution in [3.8, 4) is 5.75 Å². The van der Waals surface area contributed by atoms with Gasteiger partial charge in [-0.1, -0.05) is 29.3 Å². The van der Waals surface area contributed by atoms with Gasteiger partial charge in [-0.05, 0) is 36.4 Å². The number of amides is 2. The number of carbonyl (C=O) groups is 1. The summed E-state index contributed by atoms with van der Waals surface area (Å²) in [6.07, 6.45) is 0. The first-order valence-electron chi connectivity index (χ1n) is 6.02. The van der Waals surface area contributed by atoms with Gasteiger partial charge in [0, 0.05) is 16.4 Å². The molecule has 0 atom stereocenters. The van der Waals surface area contributed by atoms with Crippen molar-refractivity contribution < 1.29 is 18.3 Å². The second-order valence-electron chi connectivity index (χ2n) is 4.11. The normalized spacial score (nSPS) is 10.4. The van der Waals surface area contributed by atoms with Crippen molar-refractivity contribution in [3.05, 3.63) is 52.5 Å².